The fraction of sp³-hybridized carbons (Fsp3) is 0.364. The zero-order valence-corrected chi connectivity index (χ0v) is 14.5. The molecule has 3 nitrogen and oxygen atoms in total. The molecule has 128 valence electrons. The van der Waals surface area contributed by atoms with E-state index in [1.54, 1.807) is 0 Å². The predicted octanol–water partition coefficient (Wildman–Crippen LogP) is 4.87. The van der Waals surface area contributed by atoms with Crippen LogP contribution in [-0.4, -0.2) is 17.6 Å². The van der Waals surface area contributed by atoms with Crippen LogP contribution in [0.4, 0.5) is 11.4 Å². The van der Waals surface area contributed by atoms with Gasteiger partial charge in [0.1, 0.15) is 5.82 Å². The minimum atomic E-state index is 0.690. The maximum absolute atomic E-state index is 3.67. The van der Waals surface area contributed by atoms with E-state index in [2.05, 4.69) is 82.0 Å². The lowest BCUT2D eigenvalue weighted by atomic mass is 9.94. The number of benzene rings is 2. The van der Waals surface area contributed by atoms with Gasteiger partial charge in [-0.2, -0.15) is 0 Å². The Kier molecular flexibility index (Phi) is 3.66. The summed E-state index contributed by atoms with van der Waals surface area (Å²) in [6.07, 6.45) is 7.94. The molecule has 2 saturated carbocycles. The van der Waals surface area contributed by atoms with Crippen LogP contribution in [0.3, 0.4) is 0 Å². The Labute approximate surface area is 150 Å². The second-order valence-electron chi connectivity index (χ2n) is 7.66. The van der Waals surface area contributed by atoms with Crippen molar-refractivity contribution in [2.24, 2.45) is 11.8 Å². The van der Waals surface area contributed by atoms with Crippen molar-refractivity contribution in [3.05, 3.63) is 72.7 Å². The molecule has 2 aliphatic carbocycles. The van der Waals surface area contributed by atoms with Gasteiger partial charge in [-0.1, -0.05) is 42.8 Å². The molecule has 3 atom stereocenters. The Morgan fingerprint density at radius 2 is 1.60 bits per heavy atom. The van der Waals surface area contributed by atoms with E-state index in [4.69, 9.17) is 0 Å². The maximum atomic E-state index is 3.67. The first-order valence-electron chi connectivity index (χ1n) is 9.49. The van der Waals surface area contributed by atoms with Gasteiger partial charge in [-0.3, -0.25) is 0 Å². The van der Waals surface area contributed by atoms with Crippen LogP contribution < -0.4 is 10.2 Å². The molecule has 3 aliphatic rings. The monoisotopic (exact) mass is 331 g/mol. The van der Waals surface area contributed by atoms with Crippen LogP contribution in [0.5, 0.6) is 0 Å². The van der Waals surface area contributed by atoms with Gasteiger partial charge in [0.15, 0.2) is 0 Å². The quantitative estimate of drug-likeness (QED) is 0.862. The average molecular weight is 331 g/mol. The summed E-state index contributed by atoms with van der Waals surface area (Å²) >= 11 is 0. The molecular formula is C22H25N3. The van der Waals surface area contributed by atoms with Crippen LogP contribution in [0.15, 0.2) is 72.7 Å². The van der Waals surface area contributed by atoms with Gasteiger partial charge < -0.3 is 15.1 Å². The SMILES string of the molecule is C1=C(Nc2ccccc2)N(C2CC3CCC2C3)CN1c1ccccc1. The Balaban J connectivity index is 1.43. The van der Waals surface area contributed by atoms with Crippen molar-refractivity contribution >= 4 is 11.4 Å². The second-order valence-corrected chi connectivity index (χ2v) is 7.66. The van der Waals surface area contributed by atoms with Crippen molar-refractivity contribution in [1.29, 1.82) is 0 Å². The maximum Gasteiger partial charge on any atom is 0.124 e. The highest BCUT2D eigenvalue weighted by Gasteiger charge is 2.44. The first-order valence-corrected chi connectivity index (χ1v) is 9.49. The van der Waals surface area contributed by atoms with Crippen LogP contribution in [0.25, 0.3) is 0 Å². The zero-order valence-electron chi connectivity index (χ0n) is 14.5. The molecule has 3 heteroatoms. The number of anilines is 2. The third kappa shape index (κ3) is 2.78. The van der Waals surface area contributed by atoms with Gasteiger partial charge in [0.25, 0.3) is 0 Å². The van der Waals surface area contributed by atoms with Gasteiger partial charge >= 0.3 is 0 Å². The first-order chi connectivity index (χ1) is 12.4. The number of nitrogens with zero attached hydrogens (tertiary/aromatic N) is 2. The molecule has 1 aliphatic heterocycles. The minimum Gasteiger partial charge on any atom is -0.341 e. The number of para-hydroxylation sites is 2. The molecule has 0 radical (unpaired) electrons. The number of hydrogen-bond donors (Lipinski definition) is 1. The summed E-state index contributed by atoms with van der Waals surface area (Å²) in [6, 6.07) is 21.9. The third-order valence-electron chi connectivity index (χ3n) is 6.13. The molecule has 2 aromatic carbocycles. The molecule has 1 heterocycles. The molecule has 0 amide bonds. The average Bonchev–Trinajstić information content (AvgIpc) is 3.38. The highest BCUT2D eigenvalue weighted by atomic mass is 15.4. The molecule has 5 rings (SSSR count). The van der Waals surface area contributed by atoms with Gasteiger partial charge in [-0.25, -0.2) is 0 Å². The van der Waals surface area contributed by atoms with Crippen molar-refractivity contribution in [2.45, 2.75) is 31.7 Å². The van der Waals surface area contributed by atoms with Crippen molar-refractivity contribution in [2.75, 3.05) is 16.9 Å². The normalized spacial score (nSPS) is 27.7. The topological polar surface area (TPSA) is 18.5 Å². The Morgan fingerprint density at radius 3 is 2.28 bits per heavy atom. The van der Waals surface area contributed by atoms with Gasteiger partial charge in [-0.15, -0.1) is 0 Å². The molecule has 0 spiro atoms. The Hall–Kier alpha value is -2.42. The van der Waals surface area contributed by atoms with E-state index in [1.165, 1.54) is 37.2 Å². The van der Waals surface area contributed by atoms with Gasteiger partial charge in [0.2, 0.25) is 0 Å². The molecule has 2 bridgehead atoms. The molecule has 0 aromatic heterocycles. The lowest BCUT2D eigenvalue weighted by Gasteiger charge is -2.35. The van der Waals surface area contributed by atoms with Crippen LogP contribution in [0.1, 0.15) is 25.7 Å². The summed E-state index contributed by atoms with van der Waals surface area (Å²) in [4.78, 5) is 4.99. The largest absolute Gasteiger partial charge is 0.341 e. The zero-order chi connectivity index (χ0) is 16.6. The lowest BCUT2D eigenvalue weighted by Crippen LogP contribution is -2.41. The van der Waals surface area contributed by atoms with E-state index in [9.17, 15) is 0 Å². The highest BCUT2D eigenvalue weighted by molar-refractivity contribution is 5.55. The number of rotatable bonds is 4. The highest BCUT2D eigenvalue weighted by Crippen LogP contribution is 2.48. The fourth-order valence-electron chi connectivity index (χ4n) is 4.93. The molecule has 2 fully saturated rings. The standard InChI is InChI=1S/C22H25N3/c1-3-7-19(8-4-1)23-22-15-24(20-9-5-2-6-10-20)16-25(22)21-14-17-11-12-18(21)13-17/h1-10,15,17-18,21,23H,11-14,16H2. The molecule has 25 heavy (non-hydrogen) atoms. The summed E-state index contributed by atoms with van der Waals surface area (Å²) in [5.41, 5.74) is 2.43. The van der Waals surface area contributed by atoms with E-state index in [0.717, 1.165) is 24.2 Å². The van der Waals surface area contributed by atoms with E-state index in [1.807, 2.05) is 0 Å². The first kappa shape index (κ1) is 14.9. The van der Waals surface area contributed by atoms with Crippen molar-refractivity contribution in [1.82, 2.24) is 4.90 Å². The molecule has 2 aromatic rings. The van der Waals surface area contributed by atoms with Gasteiger partial charge in [0, 0.05) is 23.6 Å². The molecule has 0 saturated heterocycles. The second kappa shape index (κ2) is 6.14. The number of fused-ring (bicyclic) bond motifs is 2. The summed E-state index contributed by atoms with van der Waals surface area (Å²) < 4.78 is 0. The number of hydrogen-bond acceptors (Lipinski definition) is 3. The van der Waals surface area contributed by atoms with Crippen molar-refractivity contribution < 1.29 is 0 Å². The third-order valence-corrected chi connectivity index (χ3v) is 6.13. The van der Waals surface area contributed by atoms with Crippen LogP contribution in [-0.2, 0) is 0 Å². The Morgan fingerprint density at radius 1 is 0.840 bits per heavy atom. The smallest absolute Gasteiger partial charge is 0.124 e. The summed E-state index contributed by atoms with van der Waals surface area (Å²) in [6.45, 7) is 0.951. The fourth-order valence-corrected chi connectivity index (χ4v) is 4.93. The summed E-state index contributed by atoms with van der Waals surface area (Å²) in [5, 5.41) is 3.67. The van der Waals surface area contributed by atoms with Crippen LogP contribution >= 0.6 is 0 Å². The molecule has 3 unspecified atom stereocenters. The lowest BCUT2D eigenvalue weighted by molar-refractivity contribution is 0.201. The van der Waals surface area contributed by atoms with Crippen LogP contribution in [0, 0.1) is 11.8 Å². The van der Waals surface area contributed by atoms with Gasteiger partial charge in [0.05, 0.1) is 6.67 Å². The predicted molar refractivity (Wildman–Crippen MR) is 103 cm³/mol. The minimum absolute atomic E-state index is 0.690. The molecule has 1 N–H and O–H groups in total. The van der Waals surface area contributed by atoms with E-state index in [0.29, 0.717) is 6.04 Å². The van der Waals surface area contributed by atoms with Gasteiger partial charge in [-0.05, 0) is 55.4 Å². The summed E-state index contributed by atoms with van der Waals surface area (Å²) in [7, 11) is 0. The van der Waals surface area contributed by atoms with E-state index < -0.39 is 0 Å². The number of nitrogens with one attached hydrogen (secondary N) is 1. The van der Waals surface area contributed by atoms with Crippen molar-refractivity contribution in [3.63, 3.8) is 0 Å². The van der Waals surface area contributed by atoms with Crippen molar-refractivity contribution in [3.8, 4) is 0 Å². The van der Waals surface area contributed by atoms with E-state index >= 15 is 0 Å². The Bertz CT molecular complexity index is 755. The van der Waals surface area contributed by atoms with E-state index in [-0.39, 0.29) is 0 Å². The van der Waals surface area contributed by atoms with Crippen LogP contribution in [0.2, 0.25) is 0 Å². The molecular weight excluding hydrogens is 306 g/mol. The summed E-state index contributed by atoms with van der Waals surface area (Å²) in [5.74, 6) is 3.08.